The van der Waals surface area contributed by atoms with Crippen molar-refractivity contribution in [3.05, 3.63) is 70.0 Å². The fraction of sp³-hybridized carbons (Fsp3) is 0.222. The monoisotopic (exact) mass is 349 g/mol. The molecule has 0 aliphatic rings. The highest BCUT2D eigenvalue weighted by Crippen LogP contribution is 2.19. The fourth-order valence-electron chi connectivity index (χ4n) is 2.10. The van der Waals surface area contributed by atoms with Crippen molar-refractivity contribution >= 4 is 23.5 Å². The summed E-state index contributed by atoms with van der Waals surface area (Å²) in [6.45, 7) is 1.87. The van der Waals surface area contributed by atoms with Crippen molar-refractivity contribution in [3.63, 3.8) is 0 Å². The Hall–Kier alpha value is -2.40. The van der Waals surface area contributed by atoms with Gasteiger partial charge in [-0.25, -0.2) is 4.39 Å². The average Bonchev–Trinajstić information content (AvgIpc) is 2.56. The first-order chi connectivity index (χ1) is 11.5. The largest absolute Gasteiger partial charge is 0.455 e. The molecule has 2 aromatic rings. The standard InChI is InChI=1S/C18H17ClFNO3/c1-12-5-2-3-6-13(12)10-21-17(22)11-24-18(23)9-14-15(19)7-4-8-16(14)20/h2-8H,9-11H2,1H3,(H,21,22). The number of esters is 1. The quantitative estimate of drug-likeness (QED) is 0.815. The molecule has 0 bridgehead atoms. The lowest BCUT2D eigenvalue weighted by atomic mass is 10.1. The molecule has 0 aliphatic carbocycles. The second-order valence-electron chi connectivity index (χ2n) is 5.24. The number of hydrogen-bond acceptors (Lipinski definition) is 3. The number of nitrogens with one attached hydrogen (secondary N) is 1. The molecule has 0 aromatic heterocycles. The molecule has 0 fully saturated rings. The van der Waals surface area contributed by atoms with Gasteiger partial charge in [0.2, 0.25) is 0 Å². The molecule has 0 saturated carbocycles. The Morgan fingerprint density at radius 2 is 1.92 bits per heavy atom. The lowest BCUT2D eigenvalue weighted by Crippen LogP contribution is -2.29. The summed E-state index contributed by atoms with van der Waals surface area (Å²) in [6.07, 6.45) is -0.323. The van der Waals surface area contributed by atoms with Crippen molar-refractivity contribution in [2.24, 2.45) is 0 Å². The summed E-state index contributed by atoms with van der Waals surface area (Å²) >= 11 is 5.84. The van der Waals surface area contributed by atoms with Gasteiger partial charge in [-0.2, -0.15) is 0 Å². The number of amides is 1. The molecular formula is C18H17ClFNO3. The molecule has 24 heavy (non-hydrogen) atoms. The van der Waals surface area contributed by atoms with Gasteiger partial charge in [-0.3, -0.25) is 9.59 Å². The summed E-state index contributed by atoms with van der Waals surface area (Å²) in [6, 6.07) is 11.8. The molecule has 0 aliphatic heterocycles. The summed E-state index contributed by atoms with van der Waals surface area (Å²) < 4.78 is 18.4. The van der Waals surface area contributed by atoms with Crippen molar-refractivity contribution in [2.45, 2.75) is 19.9 Å². The van der Waals surface area contributed by atoms with Crippen molar-refractivity contribution in [2.75, 3.05) is 6.61 Å². The molecule has 2 aromatic carbocycles. The minimum absolute atomic E-state index is 0.0597. The van der Waals surface area contributed by atoms with Crippen LogP contribution in [0.15, 0.2) is 42.5 Å². The van der Waals surface area contributed by atoms with Gasteiger partial charge in [-0.15, -0.1) is 0 Å². The Kier molecular flexibility index (Phi) is 6.32. The zero-order chi connectivity index (χ0) is 17.5. The maximum absolute atomic E-state index is 13.6. The van der Waals surface area contributed by atoms with E-state index >= 15 is 0 Å². The maximum atomic E-state index is 13.6. The average molecular weight is 350 g/mol. The second-order valence-corrected chi connectivity index (χ2v) is 5.65. The first-order valence-corrected chi connectivity index (χ1v) is 7.75. The van der Waals surface area contributed by atoms with Gasteiger partial charge >= 0.3 is 5.97 Å². The Morgan fingerprint density at radius 3 is 2.62 bits per heavy atom. The fourth-order valence-corrected chi connectivity index (χ4v) is 2.33. The van der Waals surface area contributed by atoms with E-state index in [9.17, 15) is 14.0 Å². The van der Waals surface area contributed by atoms with Crippen LogP contribution in [0.25, 0.3) is 0 Å². The Bertz CT molecular complexity index is 729. The predicted molar refractivity (Wildman–Crippen MR) is 89.1 cm³/mol. The van der Waals surface area contributed by atoms with Gasteiger partial charge in [0, 0.05) is 17.1 Å². The van der Waals surface area contributed by atoms with Crippen molar-refractivity contribution in [1.82, 2.24) is 5.32 Å². The van der Waals surface area contributed by atoms with E-state index in [2.05, 4.69) is 5.32 Å². The third kappa shape index (κ3) is 5.06. The predicted octanol–water partition coefficient (Wildman–Crippen LogP) is 3.19. The molecule has 0 atom stereocenters. The van der Waals surface area contributed by atoms with Crippen molar-refractivity contribution < 1.29 is 18.7 Å². The molecule has 2 rings (SSSR count). The molecular weight excluding hydrogens is 333 g/mol. The summed E-state index contributed by atoms with van der Waals surface area (Å²) in [5.41, 5.74) is 2.10. The van der Waals surface area contributed by atoms with E-state index in [-0.39, 0.29) is 17.0 Å². The molecule has 1 amide bonds. The first kappa shape index (κ1) is 17.9. The van der Waals surface area contributed by atoms with Crippen LogP contribution in [0, 0.1) is 12.7 Å². The van der Waals surface area contributed by atoms with Crippen LogP contribution >= 0.6 is 11.6 Å². The molecule has 0 unspecified atom stereocenters. The van der Waals surface area contributed by atoms with E-state index in [0.29, 0.717) is 6.54 Å². The van der Waals surface area contributed by atoms with Crippen LogP contribution in [0.4, 0.5) is 4.39 Å². The second kappa shape index (κ2) is 8.45. The normalized spacial score (nSPS) is 10.3. The summed E-state index contributed by atoms with van der Waals surface area (Å²) in [5.74, 6) is -1.72. The zero-order valence-electron chi connectivity index (χ0n) is 13.1. The van der Waals surface area contributed by atoms with Gasteiger partial charge in [-0.05, 0) is 30.2 Å². The number of ether oxygens (including phenoxy) is 1. The van der Waals surface area contributed by atoms with Gasteiger partial charge in [-0.1, -0.05) is 41.9 Å². The zero-order valence-corrected chi connectivity index (χ0v) is 13.9. The number of carbonyl (C=O) groups is 2. The molecule has 0 heterocycles. The summed E-state index contributed by atoms with van der Waals surface area (Å²) in [7, 11) is 0. The van der Waals surface area contributed by atoms with Crippen LogP contribution in [-0.2, 0) is 27.3 Å². The van der Waals surface area contributed by atoms with E-state index < -0.39 is 24.3 Å². The van der Waals surface area contributed by atoms with Gasteiger partial charge in [0.25, 0.3) is 5.91 Å². The van der Waals surface area contributed by atoms with Crippen molar-refractivity contribution in [3.8, 4) is 0 Å². The van der Waals surface area contributed by atoms with Crippen LogP contribution in [-0.4, -0.2) is 18.5 Å². The molecule has 0 radical (unpaired) electrons. The van der Waals surface area contributed by atoms with Crippen LogP contribution in [0.3, 0.4) is 0 Å². The third-order valence-corrected chi connectivity index (χ3v) is 3.84. The number of benzene rings is 2. The Balaban J connectivity index is 1.79. The van der Waals surface area contributed by atoms with Crippen LogP contribution < -0.4 is 5.32 Å². The highest BCUT2D eigenvalue weighted by molar-refractivity contribution is 6.31. The maximum Gasteiger partial charge on any atom is 0.310 e. The molecule has 4 nitrogen and oxygen atoms in total. The molecule has 6 heteroatoms. The van der Waals surface area contributed by atoms with Crippen LogP contribution in [0.2, 0.25) is 5.02 Å². The number of halogens is 2. The first-order valence-electron chi connectivity index (χ1n) is 7.37. The summed E-state index contributed by atoms with van der Waals surface area (Å²) in [4.78, 5) is 23.5. The van der Waals surface area contributed by atoms with Crippen LogP contribution in [0.5, 0.6) is 0 Å². The van der Waals surface area contributed by atoms with Crippen LogP contribution in [0.1, 0.15) is 16.7 Å². The number of carbonyl (C=O) groups excluding carboxylic acids is 2. The Morgan fingerprint density at radius 1 is 1.17 bits per heavy atom. The number of rotatable bonds is 6. The van der Waals surface area contributed by atoms with E-state index in [1.807, 2.05) is 31.2 Å². The lowest BCUT2D eigenvalue weighted by molar-refractivity contribution is -0.147. The Labute approximate surface area is 144 Å². The van der Waals surface area contributed by atoms with E-state index in [1.165, 1.54) is 18.2 Å². The number of aryl methyl sites for hydroxylation is 1. The highest BCUT2D eigenvalue weighted by Gasteiger charge is 2.14. The van der Waals surface area contributed by atoms with Gasteiger partial charge < -0.3 is 10.1 Å². The molecule has 126 valence electrons. The summed E-state index contributed by atoms with van der Waals surface area (Å²) in [5, 5.41) is 2.81. The van der Waals surface area contributed by atoms with E-state index in [1.54, 1.807) is 0 Å². The highest BCUT2D eigenvalue weighted by atomic mass is 35.5. The number of hydrogen-bond donors (Lipinski definition) is 1. The van der Waals surface area contributed by atoms with Gasteiger partial charge in [0.1, 0.15) is 5.82 Å². The van der Waals surface area contributed by atoms with Gasteiger partial charge in [0.15, 0.2) is 6.61 Å². The van der Waals surface area contributed by atoms with Gasteiger partial charge in [0.05, 0.1) is 6.42 Å². The molecule has 1 N–H and O–H groups in total. The SMILES string of the molecule is Cc1ccccc1CNC(=O)COC(=O)Cc1c(F)cccc1Cl. The topological polar surface area (TPSA) is 55.4 Å². The third-order valence-electron chi connectivity index (χ3n) is 3.48. The minimum atomic E-state index is -0.715. The lowest BCUT2D eigenvalue weighted by Gasteiger charge is -2.09. The van der Waals surface area contributed by atoms with E-state index in [4.69, 9.17) is 16.3 Å². The molecule has 0 spiro atoms. The van der Waals surface area contributed by atoms with E-state index in [0.717, 1.165) is 11.1 Å². The smallest absolute Gasteiger partial charge is 0.310 e. The molecule has 0 saturated heterocycles. The minimum Gasteiger partial charge on any atom is -0.455 e. The van der Waals surface area contributed by atoms with Crippen molar-refractivity contribution in [1.29, 1.82) is 0 Å².